The summed E-state index contributed by atoms with van der Waals surface area (Å²) in [6, 6.07) is 80.6. The topological polar surface area (TPSA) is 35.1 Å². The molecule has 0 fully saturated rings. The summed E-state index contributed by atoms with van der Waals surface area (Å²) in [5.41, 5.74) is 16.5. The minimum Gasteiger partial charge on any atom is -0.298 e. The number of para-hydroxylation sites is 3. The van der Waals surface area contributed by atoms with Gasteiger partial charge in [0.05, 0.1) is 22.1 Å². The zero-order valence-corrected chi connectivity index (χ0v) is 34.7. The predicted molar refractivity (Wildman–Crippen MR) is 267 cm³/mol. The van der Waals surface area contributed by atoms with Crippen LogP contribution in [-0.4, -0.2) is 18.9 Å². The van der Waals surface area contributed by atoms with Crippen LogP contribution in [0.1, 0.15) is 0 Å². The molecule has 13 aromatic rings. The maximum Gasteiger partial charge on any atom is 0.145 e. The van der Waals surface area contributed by atoms with Crippen LogP contribution in [0.2, 0.25) is 0 Å². The van der Waals surface area contributed by atoms with Gasteiger partial charge in [0.15, 0.2) is 0 Å². The number of imidazole rings is 2. The summed E-state index contributed by atoms with van der Waals surface area (Å²) in [6.45, 7) is 0. The van der Waals surface area contributed by atoms with Crippen LogP contribution in [0.15, 0.2) is 231 Å². The smallest absolute Gasteiger partial charge is 0.145 e. The number of benzene rings is 10. The molecule has 0 amide bonds. The van der Waals surface area contributed by atoms with Crippen molar-refractivity contribution in [3.8, 4) is 61.6 Å². The molecule has 298 valence electrons. The molecule has 0 N–H and O–H groups in total. The van der Waals surface area contributed by atoms with Crippen LogP contribution in [0.5, 0.6) is 0 Å². The van der Waals surface area contributed by atoms with Crippen molar-refractivity contribution in [1.29, 1.82) is 0 Å². The second-order valence-electron chi connectivity index (χ2n) is 16.6. The Morgan fingerprint density at radius 3 is 1.52 bits per heavy atom. The fourth-order valence-corrected chi connectivity index (χ4v) is 9.80. The third kappa shape index (κ3) is 5.84. The number of rotatable bonds is 6. The molecule has 0 atom stereocenters. The van der Waals surface area contributed by atoms with Gasteiger partial charge in [0.25, 0.3) is 0 Å². The van der Waals surface area contributed by atoms with Gasteiger partial charge in [-0.05, 0) is 114 Å². The molecule has 0 aliphatic carbocycles. The predicted octanol–water partition coefficient (Wildman–Crippen LogP) is 15.6. The number of hydrogen-bond donors (Lipinski definition) is 0. The summed E-state index contributed by atoms with van der Waals surface area (Å²) in [6.07, 6.45) is 2.27. The van der Waals surface area contributed by atoms with E-state index in [0.717, 1.165) is 78.2 Å². The van der Waals surface area contributed by atoms with Crippen LogP contribution in [0.25, 0.3) is 122 Å². The third-order valence-electron chi connectivity index (χ3n) is 12.9. The molecule has 0 aliphatic rings. The SMILES string of the molecule is c1ccc(-n2c(-c3ccc(-c4ccc(-c5ccc6nc7c(-c8ccc9ccccc9c8)c8ccccc8c(-c8ccc9ccccc9c8)c7n6c5)cc4)cc3)nc3ccccc32)cc1. The fraction of sp³-hybridized carbons (Fsp3) is 0. The Kier molecular flexibility index (Phi) is 8.18. The standard InChI is InChI=1S/C60H38N4/c1-2-16-50(17-3-1)64-54-21-11-10-20-53(54)61-60(64)44-30-26-42(27-31-44)41-22-24-43(25-23-41)49-34-35-55-62-58-56(47-32-28-39-12-4-6-14-45(39)36-47)51-18-8-9-19-52(51)57(59(58)63(55)38-49)48-33-29-40-13-5-7-15-46(40)37-48/h1-38H. The zero-order chi connectivity index (χ0) is 42.1. The maximum absolute atomic E-state index is 5.48. The minimum absolute atomic E-state index is 0.913. The normalized spacial score (nSPS) is 11.8. The first-order valence-electron chi connectivity index (χ1n) is 21.8. The lowest BCUT2D eigenvalue weighted by Crippen LogP contribution is -1.97. The zero-order valence-electron chi connectivity index (χ0n) is 34.7. The van der Waals surface area contributed by atoms with Gasteiger partial charge in [0, 0.05) is 28.6 Å². The summed E-state index contributed by atoms with van der Waals surface area (Å²) < 4.78 is 4.57. The molecule has 0 unspecified atom stereocenters. The quantitative estimate of drug-likeness (QED) is 0.168. The van der Waals surface area contributed by atoms with E-state index in [9.17, 15) is 0 Å². The van der Waals surface area contributed by atoms with Crippen molar-refractivity contribution in [1.82, 2.24) is 18.9 Å². The highest BCUT2D eigenvalue weighted by Crippen LogP contribution is 2.45. The van der Waals surface area contributed by atoms with E-state index in [2.05, 4.69) is 227 Å². The Bertz CT molecular complexity index is 3930. The highest BCUT2D eigenvalue weighted by molar-refractivity contribution is 6.21. The second-order valence-corrected chi connectivity index (χ2v) is 16.6. The summed E-state index contributed by atoms with van der Waals surface area (Å²) in [7, 11) is 0. The van der Waals surface area contributed by atoms with Crippen molar-refractivity contribution in [2.24, 2.45) is 0 Å². The Morgan fingerprint density at radius 2 is 0.844 bits per heavy atom. The Hall–Kier alpha value is -8.60. The van der Waals surface area contributed by atoms with Crippen LogP contribution in [0, 0.1) is 0 Å². The molecule has 3 heterocycles. The van der Waals surface area contributed by atoms with Crippen molar-refractivity contribution in [2.75, 3.05) is 0 Å². The van der Waals surface area contributed by atoms with E-state index in [4.69, 9.17) is 9.97 Å². The van der Waals surface area contributed by atoms with Gasteiger partial charge in [0.1, 0.15) is 11.5 Å². The lowest BCUT2D eigenvalue weighted by atomic mass is 9.89. The fourth-order valence-electron chi connectivity index (χ4n) is 9.80. The van der Waals surface area contributed by atoms with Gasteiger partial charge in [-0.2, -0.15) is 0 Å². The molecule has 64 heavy (non-hydrogen) atoms. The molecular formula is C60H38N4. The maximum atomic E-state index is 5.48. The molecule has 4 heteroatoms. The molecule has 4 nitrogen and oxygen atoms in total. The van der Waals surface area contributed by atoms with Gasteiger partial charge < -0.3 is 0 Å². The van der Waals surface area contributed by atoms with E-state index in [1.165, 1.54) is 43.4 Å². The number of aromatic nitrogens is 4. The average molecular weight is 815 g/mol. The van der Waals surface area contributed by atoms with E-state index in [1.54, 1.807) is 0 Å². The number of nitrogens with zero attached hydrogens (tertiary/aromatic N) is 4. The number of pyridine rings is 1. The number of fused-ring (bicyclic) bond motifs is 7. The monoisotopic (exact) mass is 814 g/mol. The van der Waals surface area contributed by atoms with Gasteiger partial charge in [-0.3, -0.25) is 8.97 Å². The van der Waals surface area contributed by atoms with Crippen LogP contribution in [0.3, 0.4) is 0 Å². The van der Waals surface area contributed by atoms with Crippen molar-refractivity contribution in [2.45, 2.75) is 0 Å². The third-order valence-corrected chi connectivity index (χ3v) is 12.9. The largest absolute Gasteiger partial charge is 0.298 e. The summed E-state index contributed by atoms with van der Waals surface area (Å²) in [5.74, 6) is 0.929. The first-order valence-corrected chi connectivity index (χ1v) is 21.8. The van der Waals surface area contributed by atoms with Gasteiger partial charge in [-0.15, -0.1) is 0 Å². The van der Waals surface area contributed by atoms with Crippen molar-refractivity contribution < 1.29 is 0 Å². The molecule has 3 aromatic heterocycles. The minimum atomic E-state index is 0.913. The van der Waals surface area contributed by atoms with Crippen LogP contribution >= 0.6 is 0 Å². The van der Waals surface area contributed by atoms with Crippen LogP contribution < -0.4 is 0 Å². The molecule has 0 bridgehead atoms. The van der Waals surface area contributed by atoms with Crippen molar-refractivity contribution in [3.05, 3.63) is 231 Å². The van der Waals surface area contributed by atoms with E-state index in [0.29, 0.717) is 0 Å². The first-order chi connectivity index (χ1) is 31.7. The molecule has 0 saturated carbocycles. The molecule has 13 rings (SSSR count). The highest BCUT2D eigenvalue weighted by Gasteiger charge is 2.22. The van der Waals surface area contributed by atoms with Crippen LogP contribution in [0.4, 0.5) is 0 Å². The first kappa shape index (κ1) is 36.1. The van der Waals surface area contributed by atoms with Crippen molar-refractivity contribution in [3.63, 3.8) is 0 Å². The van der Waals surface area contributed by atoms with Gasteiger partial charge in [0.2, 0.25) is 0 Å². The second kappa shape index (κ2) is 14.5. The number of hydrogen-bond acceptors (Lipinski definition) is 2. The van der Waals surface area contributed by atoms with Gasteiger partial charge in [-0.25, -0.2) is 9.97 Å². The summed E-state index contributed by atoms with van der Waals surface area (Å²) in [5, 5.41) is 7.27. The van der Waals surface area contributed by atoms with E-state index >= 15 is 0 Å². The molecule has 0 radical (unpaired) electrons. The average Bonchev–Trinajstić information content (AvgIpc) is 3.94. The van der Waals surface area contributed by atoms with Crippen molar-refractivity contribution >= 4 is 60.0 Å². The highest BCUT2D eigenvalue weighted by atomic mass is 15.1. The Balaban J connectivity index is 0.936. The molecule has 0 spiro atoms. The lowest BCUT2D eigenvalue weighted by molar-refractivity contribution is 1.10. The molecular weight excluding hydrogens is 777 g/mol. The summed E-state index contributed by atoms with van der Waals surface area (Å²) >= 11 is 0. The molecule has 10 aromatic carbocycles. The van der Waals surface area contributed by atoms with Gasteiger partial charge >= 0.3 is 0 Å². The lowest BCUT2D eigenvalue weighted by Gasteiger charge is -2.16. The van der Waals surface area contributed by atoms with E-state index < -0.39 is 0 Å². The Morgan fingerprint density at radius 1 is 0.344 bits per heavy atom. The molecule has 0 aliphatic heterocycles. The molecule has 0 saturated heterocycles. The Labute approximate surface area is 369 Å². The van der Waals surface area contributed by atoms with E-state index in [-0.39, 0.29) is 0 Å². The van der Waals surface area contributed by atoms with Gasteiger partial charge in [-0.1, -0.05) is 176 Å². The van der Waals surface area contributed by atoms with Crippen LogP contribution in [-0.2, 0) is 0 Å². The summed E-state index contributed by atoms with van der Waals surface area (Å²) in [4.78, 5) is 10.6. The van der Waals surface area contributed by atoms with E-state index in [1.807, 2.05) is 12.1 Å².